The van der Waals surface area contributed by atoms with E-state index in [1.165, 1.54) is 12.1 Å². The van der Waals surface area contributed by atoms with Crippen LogP contribution in [0.25, 0.3) is 5.65 Å². The molecule has 3 aliphatic heterocycles. The third kappa shape index (κ3) is 5.24. The Morgan fingerprint density at radius 3 is 2.56 bits per heavy atom. The molecule has 2 aromatic heterocycles. The van der Waals surface area contributed by atoms with Crippen LogP contribution in [0, 0.1) is 0 Å². The third-order valence-electron chi connectivity index (χ3n) is 7.69. The van der Waals surface area contributed by atoms with Crippen LogP contribution in [0.3, 0.4) is 0 Å². The second kappa shape index (κ2) is 10.1. The topological polar surface area (TPSA) is 123 Å². The lowest BCUT2D eigenvalue weighted by Gasteiger charge is -2.35. The maximum Gasteiger partial charge on any atom is 0.256 e. The van der Waals surface area contributed by atoms with Crippen LogP contribution in [0.4, 0.5) is 17.3 Å². The molecule has 39 heavy (non-hydrogen) atoms. The van der Waals surface area contributed by atoms with E-state index in [4.69, 9.17) is 21.7 Å². The molecule has 13 heteroatoms. The number of aromatic nitrogens is 3. The second-order valence-corrected chi connectivity index (χ2v) is 12.8. The van der Waals surface area contributed by atoms with Crippen LogP contribution in [-0.2, 0) is 10.0 Å². The second-order valence-electron chi connectivity index (χ2n) is 10.6. The fourth-order valence-corrected chi connectivity index (χ4v) is 6.38. The molecule has 3 aromatic rings. The van der Waals surface area contributed by atoms with Crippen LogP contribution in [0.5, 0.6) is 0 Å². The predicted molar refractivity (Wildman–Crippen MR) is 150 cm³/mol. The summed E-state index contributed by atoms with van der Waals surface area (Å²) in [6, 6.07) is 8.26. The molecule has 11 nitrogen and oxygen atoms in total. The van der Waals surface area contributed by atoms with Gasteiger partial charge in [0.05, 0.1) is 35.3 Å². The number of nitrogens with one attached hydrogen (secondary N) is 1. The van der Waals surface area contributed by atoms with Crippen molar-refractivity contribution in [3.63, 3.8) is 0 Å². The summed E-state index contributed by atoms with van der Waals surface area (Å²) in [6.07, 6.45) is 4.99. The van der Waals surface area contributed by atoms with Gasteiger partial charge in [0.25, 0.3) is 5.91 Å². The van der Waals surface area contributed by atoms with Gasteiger partial charge < -0.3 is 19.8 Å². The number of benzene rings is 1. The molecule has 1 amide bonds. The highest BCUT2D eigenvalue weighted by Gasteiger charge is 2.33. The smallest absolute Gasteiger partial charge is 0.256 e. The summed E-state index contributed by atoms with van der Waals surface area (Å²) in [7, 11) is -3.60. The van der Waals surface area contributed by atoms with Gasteiger partial charge in [-0.1, -0.05) is 11.6 Å². The number of fused-ring (bicyclic) bond motifs is 1. The molecule has 3 aliphatic rings. The molecule has 2 unspecified atom stereocenters. The van der Waals surface area contributed by atoms with E-state index >= 15 is 0 Å². The summed E-state index contributed by atoms with van der Waals surface area (Å²) in [5.41, 5.74) is 1.83. The van der Waals surface area contributed by atoms with Gasteiger partial charge in [0.15, 0.2) is 5.65 Å². The number of halogens is 1. The number of hydrogen-bond donors (Lipinski definition) is 2. The zero-order valence-electron chi connectivity index (χ0n) is 21.8. The number of carbonyl (C=O) groups excluding carboxylic acids is 1. The highest BCUT2D eigenvalue weighted by Crippen LogP contribution is 2.36. The number of likely N-dealkylation sites (tertiary alicyclic amines) is 1. The number of aliphatic hydroxyl groups excluding tert-OH is 1. The minimum atomic E-state index is -3.60. The molecule has 2 N–H and O–H groups in total. The number of β-amino-alcohol motifs (C(OH)–C–C–N with tert-alkyl or cyclic N) is 1. The third-order valence-corrected chi connectivity index (χ3v) is 8.52. The summed E-state index contributed by atoms with van der Waals surface area (Å²) < 4.78 is 28.2. The van der Waals surface area contributed by atoms with Gasteiger partial charge in [-0.3, -0.25) is 9.52 Å². The summed E-state index contributed by atoms with van der Waals surface area (Å²) >= 11 is 6.23. The van der Waals surface area contributed by atoms with E-state index in [0.717, 1.165) is 68.9 Å². The van der Waals surface area contributed by atoms with E-state index in [0.29, 0.717) is 30.2 Å². The fraction of sp³-hybridized carbons (Fsp3) is 0.500. The predicted octanol–water partition coefficient (Wildman–Crippen LogP) is 2.90. The Bertz CT molecular complexity index is 1520. The molecule has 0 radical (unpaired) electrons. The standard InChI is InChI=1S/C26H32ClN7O4S/c1-39(37,38)30-20-7-6-17(27)13-19(20)26(36)33-11-3-2-5-22(33)21-14-24-28-23(31-9-4-10-31)15-25(34(24)29-21)32-12-8-18(35)16-32/h6-7,13-15,18,22,30,35H,2-5,8-12,16H2,1H3. The quantitative estimate of drug-likeness (QED) is 0.461. The normalized spacial score (nSPS) is 21.9. The monoisotopic (exact) mass is 573 g/mol. The number of aliphatic hydroxyl groups is 1. The largest absolute Gasteiger partial charge is 0.391 e. The van der Waals surface area contributed by atoms with Gasteiger partial charge in [-0.25, -0.2) is 13.4 Å². The van der Waals surface area contributed by atoms with Crippen molar-refractivity contribution >= 4 is 50.5 Å². The van der Waals surface area contributed by atoms with E-state index < -0.39 is 10.0 Å². The Kier molecular flexibility index (Phi) is 6.80. The van der Waals surface area contributed by atoms with Gasteiger partial charge in [0, 0.05) is 49.9 Å². The van der Waals surface area contributed by atoms with Crippen molar-refractivity contribution in [1.82, 2.24) is 19.5 Å². The van der Waals surface area contributed by atoms with Gasteiger partial charge >= 0.3 is 0 Å². The highest BCUT2D eigenvalue weighted by atomic mass is 35.5. The van der Waals surface area contributed by atoms with Gasteiger partial charge in [-0.15, -0.1) is 0 Å². The van der Waals surface area contributed by atoms with Crippen LogP contribution in [0.2, 0.25) is 5.02 Å². The minimum absolute atomic E-state index is 0.196. The first-order chi connectivity index (χ1) is 18.7. The lowest BCUT2D eigenvalue weighted by atomic mass is 9.98. The van der Waals surface area contributed by atoms with Crippen molar-refractivity contribution in [2.45, 2.75) is 44.2 Å². The lowest BCUT2D eigenvalue weighted by molar-refractivity contribution is 0.0607. The average molecular weight is 574 g/mol. The molecule has 1 aromatic carbocycles. The first kappa shape index (κ1) is 26.1. The number of carbonyl (C=O) groups is 1. The molecule has 5 heterocycles. The van der Waals surface area contributed by atoms with Crippen LogP contribution < -0.4 is 14.5 Å². The van der Waals surface area contributed by atoms with Crippen molar-refractivity contribution in [2.24, 2.45) is 0 Å². The van der Waals surface area contributed by atoms with E-state index in [9.17, 15) is 18.3 Å². The zero-order valence-corrected chi connectivity index (χ0v) is 23.3. The maximum absolute atomic E-state index is 13.9. The summed E-state index contributed by atoms with van der Waals surface area (Å²) in [5.74, 6) is 1.47. The van der Waals surface area contributed by atoms with Gasteiger partial charge in [-0.2, -0.15) is 9.61 Å². The van der Waals surface area contributed by atoms with Crippen LogP contribution in [0.15, 0.2) is 30.3 Å². The van der Waals surface area contributed by atoms with Crippen molar-refractivity contribution in [2.75, 3.05) is 53.5 Å². The summed E-state index contributed by atoms with van der Waals surface area (Å²) in [6.45, 7) is 3.70. The maximum atomic E-state index is 13.9. The molecular weight excluding hydrogens is 542 g/mol. The molecular formula is C26H32ClN7O4S. The fourth-order valence-electron chi connectivity index (χ4n) is 5.63. The molecule has 3 fully saturated rings. The molecule has 208 valence electrons. The van der Waals surface area contributed by atoms with Gasteiger partial charge in [0.2, 0.25) is 10.0 Å². The molecule has 0 spiro atoms. The number of piperidine rings is 1. The number of sulfonamides is 1. The molecule has 0 aliphatic carbocycles. The Balaban J connectivity index is 1.39. The first-order valence-corrected chi connectivity index (χ1v) is 15.6. The van der Waals surface area contributed by atoms with Crippen molar-refractivity contribution < 1.29 is 18.3 Å². The zero-order chi connectivity index (χ0) is 27.3. The van der Waals surface area contributed by atoms with E-state index in [2.05, 4.69) is 14.5 Å². The number of rotatable bonds is 6. The lowest BCUT2D eigenvalue weighted by Crippen LogP contribution is -2.39. The van der Waals surface area contributed by atoms with E-state index in [-0.39, 0.29) is 29.3 Å². The first-order valence-electron chi connectivity index (χ1n) is 13.3. The molecule has 0 bridgehead atoms. The Hall–Kier alpha value is -3.09. The van der Waals surface area contributed by atoms with E-state index in [1.807, 2.05) is 16.6 Å². The van der Waals surface area contributed by atoms with Gasteiger partial charge in [0.1, 0.15) is 11.6 Å². The average Bonchev–Trinajstić information content (AvgIpc) is 3.48. The van der Waals surface area contributed by atoms with Crippen molar-refractivity contribution in [1.29, 1.82) is 0 Å². The molecule has 6 rings (SSSR count). The Morgan fingerprint density at radius 1 is 1.05 bits per heavy atom. The molecule has 3 saturated heterocycles. The van der Waals surface area contributed by atoms with Gasteiger partial charge in [-0.05, 0) is 50.3 Å². The summed E-state index contributed by atoms with van der Waals surface area (Å²) in [5, 5.41) is 15.5. The number of nitrogens with zero attached hydrogens (tertiary/aromatic N) is 6. The SMILES string of the molecule is CS(=O)(=O)Nc1ccc(Cl)cc1C(=O)N1CCCCC1c1cc2nc(N3CCC3)cc(N3CCC(O)C3)n2n1. The van der Waals surface area contributed by atoms with Crippen molar-refractivity contribution in [3.05, 3.63) is 46.6 Å². The van der Waals surface area contributed by atoms with Crippen molar-refractivity contribution in [3.8, 4) is 0 Å². The Morgan fingerprint density at radius 2 is 1.87 bits per heavy atom. The van der Waals surface area contributed by atoms with E-state index in [1.54, 1.807) is 11.0 Å². The minimum Gasteiger partial charge on any atom is -0.391 e. The number of amides is 1. The highest BCUT2D eigenvalue weighted by molar-refractivity contribution is 7.92. The summed E-state index contributed by atoms with van der Waals surface area (Å²) in [4.78, 5) is 24.9. The van der Waals surface area contributed by atoms with Crippen LogP contribution in [-0.4, -0.2) is 84.0 Å². The molecule has 0 saturated carbocycles. The van der Waals surface area contributed by atoms with Crippen LogP contribution in [0.1, 0.15) is 54.2 Å². The molecule has 2 atom stereocenters. The van der Waals surface area contributed by atoms with Crippen LogP contribution >= 0.6 is 11.6 Å². The number of anilines is 3. The Labute approximate surface area is 232 Å². The number of hydrogen-bond acceptors (Lipinski definition) is 8.